The van der Waals surface area contributed by atoms with Crippen LogP contribution in [0.2, 0.25) is 0 Å². The second kappa shape index (κ2) is 2.92. The lowest BCUT2D eigenvalue weighted by Gasteiger charge is -2.02. The van der Waals surface area contributed by atoms with Gasteiger partial charge in [-0.25, -0.2) is 4.98 Å². The van der Waals surface area contributed by atoms with E-state index in [4.69, 9.17) is 12.2 Å². The third kappa shape index (κ3) is 1.35. The van der Waals surface area contributed by atoms with Gasteiger partial charge >= 0.3 is 0 Å². The van der Waals surface area contributed by atoms with Crippen LogP contribution in [0.3, 0.4) is 0 Å². The number of aromatic nitrogens is 2. The van der Waals surface area contributed by atoms with Crippen LogP contribution in [0.5, 0.6) is 0 Å². The van der Waals surface area contributed by atoms with E-state index in [1.807, 2.05) is 32.0 Å². The smallest absolute Gasteiger partial charge is 0.137 e. The Kier molecular flexibility index (Phi) is 1.88. The summed E-state index contributed by atoms with van der Waals surface area (Å²) in [7, 11) is 0. The van der Waals surface area contributed by atoms with E-state index < -0.39 is 0 Å². The van der Waals surface area contributed by atoms with Gasteiger partial charge < -0.3 is 4.98 Å². The van der Waals surface area contributed by atoms with Crippen LogP contribution in [-0.2, 0) is 0 Å². The topological polar surface area (TPSA) is 28.7 Å². The fourth-order valence-corrected chi connectivity index (χ4v) is 1.89. The van der Waals surface area contributed by atoms with Crippen LogP contribution in [0.25, 0.3) is 10.9 Å². The first kappa shape index (κ1) is 8.38. The molecule has 0 atom stereocenters. The van der Waals surface area contributed by atoms with Crippen LogP contribution >= 0.6 is 12.2 Å². The van der Waals surface area contributed by atoms with Crippen LogP contribution in [0.15, 0.2) is 18.2 Å². The van der Waals surface area contributed by atoms with Crippen molar-refractivity contribution in [3.05, 3.63) is 34.2 Å². The van der Waals surface area contributed by atoms with Gasteiger partial charge in [0.25, 0.3) is 0 Å². The Labute approximate surface area is 81.6 Å². The molecule has 0 bridgehead atoms. The number of rotatable bonds is 0. The lowest BCUT2D eigenvalue weighted by Crippen LogP contribution is -1.91. The minimum atomic E-state index is 0.685. The zero-order chi connectivity index (χ0) is 9.42. The monoisotopic (exact) mass is 190 g/mol. The number of nitrogens with zero attached hydrogens (tertiary/aromatic N) is 1. The average Bonchev–Trinajstić information content (AvgIpc) is 2.02. The molecule has 0 aliphatic rings. The Bertz CT molecular complexity index is 514. The van der Waals surface area contributed by atoms with E-state index in [9.17, 15) is 0 Å². The molecule has 2 rings (SSSR count). The highest BCUT2D eigenvalue weighted by Gasteiger charge is 1.99. The van der Waals surface area contributed by atoms with Crippen molar-refractivity contribution in [2.45, 2.75) is 13.8 Å². The summed E-state index contributed by atoms with van der Waals surface area (Å²) in [5.41, 5.74) is 2.24. The molecular weight excluding hydrogens is 180 g/mol. The van der Waals surface area contributed by atoms with Gasteiger partial charge in [0.1, 0.15) is 10.5 Å². The molecular formula is C10H10N2S. The minimum Gasteiger partial charge on any atom is -0.343 e. The number of hydrogen-bond acceptors (Lipinski definition) is 2. The van der Waals surface area contributed by atoms with Gasteiger partial charge in [0, 0.05) is 10.9 Å². The Morgan fingerprint density at radius 2 is 2.08 bits per heavy atom. The maximum Gasteiger partial charge on any atom is 0.137 e. The summed E-state index contributed by atoms with van der Waals surface area (Å²) in [5, 5.41) is 1.06. The van der Waals surface area contributed by atoms with E-state index in [1.165, 1.54) is 5.56 Å². The van der Waals surface area contributed by atoms with Crippen molar-refractivity contribution in [3.8, 4) is 0 Å². The van der Waals surface area contributed by atoms with Crippen LogP contribution in [-0.4, -0.2) is 9.97 Å². The van der Waals surface area contributed by atoms with Gasteiger partial charge in [-0.05, 0) is 25.5 Å². The predicted molar refractivity (Wildman–Crippen MR) is 56.4 cm³/mol. The molecule has 1 N–H and O–H groups in total. The number of H-pyrrole nitrogens is 1. The van der Waals surface area contributed by atoms with Crippen molar-refractivity contribution >= 4 is 23.1 Å². The predicted octanol–water partition coefficient (Wildman–Crippen LogP) is 2.91. The quantitative estimate of drug-likeness (QED) is 0.647. The van der Waals surface area contributed by atoms with E-state index in [0.717, 1.165) is 16.7 Å². The number of nitrogens with one attached hydrogen (secondary N) is 1. The first-order valence-electron chi connectivity index (χ1n) is 4.15. The van der Waals surface area contributed by atoms with Crippen LogP contribution in [0.4, 0.5) is 0 Å². The molecule has 0 unspecified atom stereocenters. The molecule has 0 fully saturated rings. The molecule has 0 spiro atoms. The van der Waals surface area contributed by atoms with Gasteiger partial charge in [0.15, 0.2) is 0 Å². The fraction of sp³-hybridized carbons (Fsp3) is 0.200. The van der Waals surface area contributed by atoms with Crippen molar-refractivity contribution in [3.63, 3.8) is 0 Å². The highest BCUT2D eigenvalue weighted by molar-refractivity contribution is 7.71. The van der Waals surface area contributed by atoms with Gasteiger partial charge in [-0.1, -0.05) is 24.4 Å². The number of aromatic amines is 1. The Hall–Kier alpha value is -1.22. The molecule has 1 heterocycles. The second-order valence-electron chi connectivity index (χ2n) is 3.12. The van der Waals surface area contributed by atoms with Crippen molar-refractivity contribution in [1.29, 1.82) is 0 Å². The minimum absolute atomic E-state index is 0.685. The van der Waals surface area contributed by atoms with E-state index in [0.29, 0.717) is 4.64 Å². The van der Waals surface area contributed by atoms with Gasteiger partial charge in [0.05, 0.1) is 0 Å². The molecule has 3 heteroatoms. The maximum absolute atomic E-state index is 5.20. The van der Waals surface area contributed by atoms with Crippen molar-refractivity contribution in [2.24, 2.45) is 0 Å². The first-order chi connectivity index (χ1) is 6.18. The van der Waals surface area contributed by atoms with E-state index in [2.05, 4.69) is 9.97 Å². The zero-order valence-electron chi connectivity index (χ0n) is 7.59. The normalized spacial score (nSPS) is 10.6. The highest BCUT2D eigenvalue weighted by atomic mass is 32.1. The Morgan fingerprint density at radius 1 is 1.31 bits per heavy atom. The van der Waals surface area contributed by atoms with Crippen LogP contribution in [0.1, 0.15) is 11.4 Å². The molecule has 0 radical (unpaired) electrons. The summed E-state index contributed by atoms with van der Waals surface area (Å²) in [5.74, 6) is 0.864. The summed E-state index contributed by atoms with van der Waals surface area (Å²) in [4.78, 5) is 7.42. The Balaban J connectivity index is 3.03. The largest absolute Gasteiger partial charge is 0.343 e. The summed E-state index contributed by atoms with van der Waals surface area (Å²) < 4.78 is 0.685. The molecule has 0 saturated carbocycles. The molecule has 1 aromatic heterocycles. The van der Waals surface area contributed by atoms with Crippen molar-refractivity contribution in [2.75, 3.05) is 0 Å². The summed E-state index contributed by atoms with van der Waals surface area (Å²) in [6.45, 7) is 3.96. The third-order valence-corrected chi connectivity index (χ3v) is 2.37. The van der Waals surface area contributed by atoms with E-state index in [1.54, 1.807) is 0 Å². The van der Waals surface area contributed by atoms with Crippen molar-refractivity contribution in [1.82, 2.24) is 9.97 Å². The van der Waals surface area contributed by atoms with E-state index in [-0.39, 0.29) is 0 Å². The molecule has 2 nitrogen and oxygen atoms in total. The standard InChI is InChI=1S/C10H10N2S/c1-6-4-3-5-8-9(6)10(13)12-7(2)11-8/h3-5H,1-2H3,(H,11,12,13). The fourth-order valence-electron chi connectivity index (χ4n) is 1.49. The van der Waals surface area contributed by atoms with Gasteiger partial charge in [0.2, 0.25) is 0 Å². The molecule has 0 aliphatic heterocycles. The summed E-state index contributed by atoms with van der Waals surface area (Å²) in [6.07, 6.45) is 0. The third-order valence-electron chi connectivity index (χ3n) is 2.07. The zero-order valence-corrected chi connectivity index (χ0v) is 8.40. The van der Waals surface area contributed by atoms with Crippen LogP contribution < -0.4 is 0 Å². The summed E-state index contributed by atoms with van der Waals surface area (Å²) in [6, 6.07) is 6.08. The molecule has 2 aromatic rings. The highest BCUT2D eigenvalue weighted by Crippen LogP contribution is 2.16. The van der Waals surface area contributed by atoms with Gasteiger partial charge in [-0.2, -0.15) is 0 Å². The molecule has 1 aromatic carbocycles. The lowest BCUT2D eigenvalue weighted by atomic mass is 10.1. The van der Waals surface area contributed by atoms with Gasteiger partial charge in [-0.15, -0.1) is 0 Å². The first-order valence-corrected chi connectivity index (χ1v) is 4.55. The lowest BCUT2D eigenvalue weighted by molar-refractivity contribution is 1.08. The maximum atomic E-state index is 5.20. The Morgan fingerprint density at radius 3 is 2.85 bits per heavy atom. The molecule has 0 saturated heterocycles. The second-order valence-corrected chi connectivity index (χ2v) is 3.51. The van der Waals surface area contributed by atoms with Gasteiger partial charge in [-0.3, -0.25) is 0 Å². The molecule has 66 valence electrons. The van der Waals surface area contributed by atoms with Crippen molar-refractivity contribution < 1.29 is 0 Å². The van der Waals surface area contributed by atoms with E-state index >= 15 is 0 Å². The molecule has 0 aliphatic carbocycles. The van der Waals surface area contributed by atoms with Crippen LogP contribution in [0, 0.1) is 18.5 Å². The summed E-state index contributed by atoms with van der Waals surface area (Å²) >= 11 is 5.20. The number of fused-ring (bicyclic) bond motifs is 1. The molecule has 13 heavy (non-hydrogen) atoms. The number of aryl methyl sites for hydroxylation is 2. The SMILES string of the molecule is Cc1nc(=S)c2c(C)cccc2[nH]1. The average molecular weight is 190 g/mol. The molecule has 0 amide bonds. The number of hydrogen-bond donors (Lipinski definition) is 1. The number of benzene rings is 1.